The van der Waals surface area contributed by atoms with Gasteiger partial charge < -0.3 is 5.11 Å². The SMILES string of the molecule is O=C(O)c1ccc(C(F)(F)C(F)(F)C(F)(F)C(F)(F)F)cc1. The van der Waals surface area contributed by atoms with E-state index in [1.807, 2.05) is 0 Å². The van der Waals surface area contributed by atoms with Crippen LogP contribution in [0.1, 0.15) is 15.9 Å². The fourth-order valence-corrected chi connectivity index (χ4v) is 1.38. The average Bonchev–Trinajstić information content (AvgIpc) is 2.37. The van der Waals surface area contributed by atoms with Gasteiger partial charge in [0.05, 0.1) is 5.56 Å². The van der Waals surface area contributed by atoms with E-state index < -0.39 is 41.0 Å². The molecule has 0 spiro atoms. The van der Waals surface area contributed by atoms with Crippen molar-refractivity contribution in [3.8, 4) is 0 Å². The van der Waals surface area contributed by atoms with Gasteiger partial charge in [-0.25, -0.2) is 4.79 Å². The molecule has 0 bridgehead atoms. The molecule has 0 atom stereocenters. The molecule has 0 unspecified atom stereocenters. The molecule has 0 saturated carbocycles. The number of carboxylic acid groups (broad SMARTS) is 1. The second-order valence-electron chi connectivity index (χ2n) is 4.10. The van der Waals surface area contributed by atoms with Crippen molar-refractivity contribution in [2.75, 3.05) is 0 Å². The van der Waals surface area contributed by atoms with Gasteiger partial charge in [0.1, 0.15) is 0 Å². The largest absolute Gasteiger partial charge is 0.478 e. The van der Waals surface area contributed by atoms with Crippen LogP contribution in [0.3, 0.4) is 0 Å². The van der Waals surface area contributed by atoms with Gasteiger partial charge in [-0.2, -0.15) is 39.5 Å². The maximum Gasteiger partial charge on any atom is 0.460 e. The van der Waals surface area contributed by atoms with Crippen molar-refractivity contribution in [1.82, 2.24) is 0 Å². The van der Waals surface area contributed by atoms with Crippen molar-refractivity contribution < 1.29 is 49.4 Å². The van der Waals surface area contributed by atoms with Crippen LogP contribution >= 0.6 is 0 Å². The molecular weight excluding hydrogens is 335 g/mol. The van der Waals surface area contributed by atoms with Crippen LogP contribution < -0.4 is 0 Å². The molecular formula is C11H5F9O2. The summed E-state index contributed by atoms with van der Waals surface area (Å²) in [6, 6.07) is 0.800. The average molecular weight is 340 g/mol. The fourth-order valence-electron chi connectivity index (χ4n) is 1.38. The standard InChI is InChI=1S/C11H5F9O2/c12-8(13,6-3-1-5(2-4-6)7(21)22)9(14,15)10(16,17)11(18,19)20/h1-4H,(H,21,22). The molecule has 2 nitrogen and oxygen atoms in total. The third-order valence-corrected chi connectivity index (χ3v) is 2.64. The molecule has 0 aliphatic rings. The van der Waals surface area contributed by atoms with Crippen LogP contribution in [0, 0.1) is 0 Å². The van der Waals surface area contributed by atoms with E-state index in [0.29, 0.717) is 12.1 Å². The second-order valence-corrected chi connectivity index (χ2v) is 4.10. The molecule has 0 radical (unpaired) electrons. The second kappa shape index (κ2) is 5.06. The molecule has 0 saturated heterocycles. The Morgan fingerprint density at radius 2 is 1.18 bits per heavy atom. The Balaban J connectivity index is 3.35. The van der Waals surface area contributed by atoms with Gasteiger partial charge in [0.2, 0.25) is 0 Å². The smallest absolute Gasteiger partial charge is 0.460 e. The molecule has 0 aliphatic carbocycles. The molecule has 11 heteroatoms. The van der Waals surface area contributed by atoms with Crippen LogP contribution in [0.2, 0.25) is 0 Å². The molecule has 0 amide bonds. The summed E-state index contributed by atoms with van der Waals surface area (Å²) in [6.07, 6.45) is -6.90. The lowest BCUT2D eigenvalue weighted by Gasteiger charge is -2.33. The molecule has 0 aliphatic heterocycles. The molecule has 1 rings (SSSR count). The predicted molar refractivity (Wildman–Crippen MR) is 53.2 cm³/mol. The number of rotatable bonds is 4. The molecule has 1 aromatic rings. The van der Waals surface area contributed by atoms with Crippen molar-refractivity contribution in [2.45, 2.75) is 23.9 Å². The Morgan fingerprint density at radius 1 is 0.773 bits per heavy atom. The maximum absolute atomic E-state index is 13.4. The van der Waals surface area contributed by atoms with E-state index in [0.717, 1.165) is 0 Å². The van der Waals surface area contributed by atoms with E-state index >= 15 is 0 Å². The zero-order valence-corrected chi connectivity index (χ0v) is 10.1. The number of hydrogen-bond acceptors (Lipinski definition) is 1. The minimum absolute atomic E-state index is 0.0316. The van der Waals surface area contributed by atoms with Crippen LogP contribution in [-0.4, -0.2) is 29.1 Å². The van der Waals surface area contributed by atoms with Gasteiger partial charge in [-0.05, 0) is 12.1 Å². The lowest BCUT2D eigenvalue weighted by Crippen LogP contribution is -2.59. The predicted octanol–water partition coefficient (Wildman–Crippen LogP) is 4.31. The third kappa shape index (κ3) is 2.59. The summed E-state index contributed by atoms with van der Waals surface area (Å²) in [4.78, 5) is 10.4. The van der Waals surface area contributed by atoms with E-state index in [4.69, 9.17) is 5.11 Å². The highest BCUT2D eigenvalue weighted by molar-refractivity contribution is 5.87. The van der Waals surface area contributed by atoms with Gasteiger partial charge in [0.25, 0.3) is 0 Å². The highest BCUT2D eigenvalue weighted by Gasteiger charge is 2.81. The number of halogens is 9. The van der Waals surface area contributed by atoms with Crippen molar-refractivity contribution in [1.29, 1.82) is 0 Å². The Hall–Kier alpha value is -1.94. The zero-order valence-electron chi connectivity index (χ0n) is 10.1. The quantitative estimate of drug-likeness (QED) is 0.830. The monoisotopic (exact) mass is 340 g/mol. The molecule has 124 valence electrons. The molecule has 1 aromatic carbocycles. The van der Waals surface area contributed by atoms with E-state index in [1.165, 1.54) is 0 Å². The van der Waals surface area contributed by atoms with Gasteiger partial charge in [0.15, 0.2) is 0 Å². The summed E-state index contributed by atoms with van der Waals surface area (Å²) in [5.41, 5.74) is -2.53. The summed E-state index contributed by atoms with van der Waals surface area (Å²) < 4.78 is 114. The number of benzene rings is 1. The van der Waals surface area contributed by atoms with Gasteiger partial charge in [0, 0.05) is 5.56 Å². The van der Waals surface area contributed by atoms with Gasteiger partial charge in [-0.1, -0.05) is 12.1 Å². The molecule has 22 heavy (non-hydrogen) atoms. The first kappa shape index (κ1) is 18.1. The first-order valence-corrected chi connectivity index (χ1v) is 5.20. The Kier molecular flexibility index (Phi) is 4.16. The van der Waals surface area contributed by atoms with Crippen LogP contribution in [-0.2, 0) is 5.92 Å². The van der Waals surface area contributed by atoms with Crippen molar-refractivity contribution in [3.63, 3.8) is 0 Å². The van der Waals surface area contributed by atoms with E-state index in [2.05, 4.69) is 0 Å². The van der Waals surface area contributed by atoms with E-state index in [1.54, 1.807) is 0 Å². The van der Waals surface area contributed by atoms with Gasteiger partial charge in [-0.3, -0.25) is 0 Å². The lowest BCUT2D eigenvalue weighted by atomic mass is 9.96. The highest BCUT2D eigenvalue weighted by atomic mass is 19.4. The molecule has 0 aromatic heterocycles. The van der Waals surface area contributed by atoms with Crippen LogP contribution in [0.5, 0.6) is 0 Å². The van der Waals surface area contributed by atoms with Crippen LogP contribution in [0.4, 0.5) is 39.5 Å². The minimum Gasteiger partial charge on any atom is -0.478 e. The first-order chi connectivity index (χ1) is 9.66. The minimum atomic E-state index is -6.99. The Labute approximate surface area is 116 Å². The Bertz CT molecular complexity index is 560. The van der Waals surface area contributed by atoms with Crippen LogP contribution in [0.25, 0.3) is 0 Å². The summed E-state index contributed by atoms with van der Waals surface area (Å²) in [6.45, 7) is 0. The zero-order chi connectivity index (χ0) is 17.6. The fraction of sp³-hybridized carbons (Fsp3) is 0.364. The number of hydrogen-bond donors (Lipinski definition) is 1. The normalized spacial score (nSPS) is 14.0. The molecule has 1 N–H and O–H groups in total. The van der Waals surface area contributed by atoms with Gasteiger partial charge >= 0.3 is 29.9 Å². The molecule has 0 fully saturated rings. The number of alkyl halides is 9. The summed E-state index contributed by atoms with van der Waals surface area (Å²) in [5.74, 6) is -21.3. The van der Waals surface area contributed by atoms with Gasteiger partial charge in [-0.15, -0.1) is 0 Å². The third-order valence-electron chi connectivity index (χ3n) is 2.64. The van der Waals surface area contributed by atoms with Crippen molar-refractivity contribution >= 4 is 5.97 Å². The summed E-state index contributed by atoms with van der Waals surface area (Å²) in [5, 5.41) is 8.47. The van der Waals surface area contributed by atoms with Crippen LogP contribution in [0.15, 0.2) is 24.3 Å². The Morgan fingerprint density at radius 3 is 1.50 bits per heavy atom. The van der Waals surface area contributed by atoms with Crippen molar-refractivity contribution in [3.05, 3.63) is 35.4 Å². The molecule has 0 heterocycles. The lowest BCUT2D eigenvalue weighted by molar-refractivity contribution is -0.399. The van der Waals surface area contributed by atoms with E-state index in [-0.39, 0.29) is 12.1 Å². The number of aromatic carboxylic acids is 1. The van der Waals surface area contributed by atoms with Crippen molar-refractivity contribution in [2.24, 2.45) is 0 Å². The number of carbonyl (C=O) groups is 1. The topological polar surface area (TPSA) is 37.3 Å². The number of carboxylic acids is 1. The van der Waals surface area contributed by atoms with E-state index in [9.17, 15) is 44.3 Å². The summed E-state index contributed by atoms with van der Waals surface area (Å²) in [7, 11) is 0. The highest BCUT2D eigenvalue weighted by Crippen LogP contribution is 2.56. The summed E-state index contributed by atoms with van der Waals surface area (Å²) >= 11 is 0. The maximum atomic E-state index is 13.4. The first-order valence-electron chi connectivity index (χ1n) is 5.20.